The van der Waals surface area contributed by atoms with Gasteiger partial charge in [0.15, 0.2) is 19.0 Å². The lowest BCUT2D eigenvalue weighted by atomic mass is 10.2. The number of alkyl halides is 6. The van der Waals surface area contributed by atoms with Crippen molar-refractivity contribution in [3.63, 3.8) is 0 Å². The van der Waals surface area contributed by atoms with E-state index in [0.717, 1.165) is 18.2 Å². The fraction of sp³-hybridized carbons (Fsp3) is 0.333. The van der Waals surface area contributed by atoms with Crippen molar-refractivity contribution < 1.29 is 40.6 Å². The van der Waals surface area contributed by atoms with Crippen LogP contribution in [0, 0.1) is 0 Å². The third-order valence-corrected chi connectivity index (χ3v) is 2.90. The highest BCUT2D eigenvalue weighted by molar-refractivity contribution is 5.99. The van der Waals surface area contributed by atoms with Gasteiger partial charge in [0.2, 0.25) is 0 Å². The molecule has 0 aliphatic carbocycles. The largest absolute Gasteiger partial charge is 0.484 e. The Morgan fingerprint density at radius 1 is 1.00 bits per heavy atom. The first-order valence-electron chi connectivity index (χ1n) is 7.51. The van der Waals surface area contributed by atoms with Crippen LogP contribution in [0.3, 0.4) is 0 Å². The third kappa shape index (κ3) is 7.63. The minimum absolute atomic E-state index is 0.148. The molecule has 13 heteroatoms. The molecule has 0 atom stereocenters. The topological polar surface area (TPSA) is 77.4 Å². The summed E-state index contributed by atoms with van der Waals surface area (Å²) >= 11 is 0. The molecule has 0 saturated heterocycles. The second-order valence-corrected chi connectivity index (χ2v) is 5.45. The lowest BCUT2D eigenvalue weighted by Crippen LogP contribution is -2.22. The van der Waals surface area contributed by atoms with Crippen LogP contribution in [-0.4, -0.2) is 41.4 Å². The van der Waals surface area contributed by atoms with E-state index in [9.17, 15) is 31.1 Å². The van der Waals surface area contributed by atoms with Crippen molar-refractivity contribution in [2.45, 2.75) is 12.4 Å². The number of urea groups is 1. The van der Waals surface area contributed by atoms with Crippen LogP contribution in [0.1, 0.15) is 0 Å². The predicted molar refractivity (Wildman–Crippen MR) is 85.4 cm³/mol. The number of nitrogens with one attached hydrogen (secondary N) is 2. The second kappa shape index (κ2) is 8.27. The number of carbonyl (C=O) groups excluding carboxylic acids is 1. The average molecular weight is 412 g/mol. The summed E-state index contributed by atoms with van der Waals surface area (Å²) in [6.45, 7) is -3.34. The molecular weight excluding hydrogens is 398 g/mol. The summed E-state index contributed by atoms with van der Waals surface area (Å²) in [4.78, 5) is 11.9. The number of ether oxygens (including phenoxy) is 2. The zero-order chi connectivity index (χ0) is 20.9. The van der Waals surface area contributed by atoms with Gasteiger partial charge in [-0.25, -0.2) is 4.79 Å². The Balaban J connectivity index is 2.14. The van der Waals surface area contributed by atoms with Gasteiger partial charge in [-0.05, 0) is 0 Å². The predicted octanol–water partition coefficient (Wildman–Crippen LogP) is 3.95. The molecule has 2 rings (SSSR count). The molecule has 0 bridgehead atoms. The fourth-order valence-corrected chi connectivity index (χ4v) is 1.90. The number of aryl methyl sites for hydroxylation is 1. The van der Waals surface area contributed by atoms with E-state index >= 15 is 0 Å². The number of nitrogens with zero attached hydrogens (tertiary/aromatic N) is 2. The molecule has 1 aromatic carbocycles. The molecule has 0 fully saturated rings. The number of rotatable bonds is 6. The van der Waals surface area contributed by atoms with E-state index < -0.39 is 43.1 Å². The van der Waals surface area contributed by atoms with E-state index in [-0.39, 0.29) is 11.5 Å². The molecular formula is C15H14F6N4O3. The number of halogens is 6. The van der Waals surface area contributed by atoms with Gasteiger partial charge in [0.25, 0.3) is 0 Å². The molecule has 7 nitrogen and oxygen atoms in total. The number of aromatic nitrogens is 2. The molecule has 0 radical (unpaired) electrons. The summed E-state index contributed by atoms with van der Waals surface area (Å²) in [5, 5.41) is 8.48. The standard InChI is InChI=1S/C15H14F6N4O3/c1-25-3-2-12(24-25)23-13(26)22-9-4-10(27-7-14(16,17)18)6-11(5-9)28-8-15(19,20)21/h2-6H,7-8H2,1H3,(H2,22,23,24,26). The summed E-state index contributed by atoms with van der Waals surface area (Å²) < 4.78 is 84.3. The average Bonchev–Trinajstić information content (AvgIpc) is 2.94. The molecule has 0 aliphatic rings. The fourth-order valence-electron chi connectivity index (χ4n) is 1.90. The minimum Gasteiger partial charge on any atom is -0.484 e. The Morgan fingerprint density at radius 3 is 1.96 bits per heavy atom. The van der Waals surface area contributed by atoms with E-state index in [0.29, 0.717) is 0 Å². The third-order valence-electron chi connectivity index (χ3n) is 2.90. The van der Waals surface area contributed by atoms with Crippen molar-refractivity contribution in [1.82, 2.24) is 9.78 Å². The van der Waals surface area contributed by atoms with Gasteiger partial charge >= 0.3 is 18.4 Å². The number of hydrogen-bond acceptors (Lipinski definition) is 4. The van der Waals surface area contributed by atoms with E-state index in [2.05, 4.69) is 25.2 Å². The molecule has 2 N–H and O–H groups in total. The molecule has 1 aromatic heterocycles. The van der Waals surface area contributed by atoms with Crippen LogP contribution >= 0.6 is 0 Å². The smallest absolute Gasteiger partial charge is 0.422 e. The SMILES string of the molecule is Cn1ccc(NC(=O)Nc2cc(OCC(F)(F)F)cc(OCC(F)(F)F)c2)n1. The van der Waals surface area contributed by atoms with E-state index in [1.54, 1.807) is 13.2 Å². The van der Waals surface area contributed by atoms with Gasteiger partial charge in [0, 0.05) is 43.2 Å². The van der Waals surface area contributed by atoms with E-state index in [4.69, 9.17) is 0 Å². The molecule has 2 amide bonds. The molecule has 28 heavy (non-hydrogen) atoms. The number of amides is 2. The molecule has 0 aliphatic heterocycles. The Bertz CT molecular complexity index is 783. The summed E-state index contributed by atoms with van der Waals surface area (Å²) in [7, 11) is 1.61. The molecule has 0 unspecified atom stereocenters. The summed E-state index contributed by atoms with van der Waals surface area (Å²) in [6, 6.07) is 3.50. The number of benzene rings is 1. The summed E-state index contributed by atoms with van der Waals surface area (Å²) in [5.41, 5.74) is -0.148. The van der Waals surface area contributed by atoms with Crippen LogP contribution in [0.4, 0.5) is 42.6 Å². The highest BCUT2D eigenvalue weighted by Gasteiger charge is 2.30. The summed E-state index contributed by atoms with van der Waals surface area (Å²) in [6.07, 6.45) is -7.77. The quantitative estimate of drug-likeness (QED) is 0.705. The molecule has 2 aromatic rings. The van der Waals surface area contributed by atoms with Gasteiger partial charge in [-0.1, -0.05) is 0 Å². The van der Waals surface area contributed by atoms with Gasteiger partial charge in [-0.2, -0.15) is 31.4 Å². The van der Waals surface area contributed by atoms with Gasteiger partial charge < -0.3 is 14.8 Å². The van der Waals surface area contributed by atoms with Gasteiger partial charge in [-0.15, -0.1) is 0 Å². The highest BCUT2D eigenvalue weighted by Crippen LogP contribution is 2.29. The van der Waals surface area contributed by atoms with Crippen LogP contribution < -0.4 is 20.1 Å². The lowest BCUT2D eigenvalue weighted by Gasteiger charge is -2.15. The van der Waals surface area contributed by atoms with Crippen LogP contribution in [0.15, 0.2) is 30.5 Å². The number of carbonyl (C=O) groups is 1. The van der Waals surface area contributed by atoms with Gasteiger partial charge in [-0.3, -0.25) is 10.00 Å². The molecule has 0 saturated carbocycles. The maximum atomic E-state index is 12.3. The first-order valence-corrected chi connectivity index (χ1v) is 7.51. The molecule has 0 spiro atoms. The maximum absolute atomic E-state index is 12.3. The first-order chi connectivity index (χ1) is 12.9. The Kier molecular flexibility index (Phi) is 6.26. The Labute approximate surface area is 154 Å². The molecule has 154 valence electrons. The van der Waals surface area contributed by atoms with Crippen LogP contribution in [0.25, 0.3) is 0 Å². The highest BCUT2D eigenvalue weighted by atomic mass is 19.4. The Morgan fingerprint density at radius 2 is 1.54 bits per heavy atom. The Hall–Kier alpha value is -3.12. The van der Waals surface area contributed by atoms with E-state index in [1.165, 1.54) is 10.7 Å². The van der Waals surface area contributed by atoms with Crippen LogP contribution in [-0.2, 0) is 7.05 Å². The lowest BCUT2D eigenvalue weighted by molar-refractivity contribution is -0.153. The molecule has 1 heterocycles. The van der Waals surface area contributed by atoms with Crippen molar-refractivity contribution in [3.8, 4) is 11.5 Å². The van der Waals surface area contributed by atoms with Crippen molar-refractivity contribution in [2.75, 3.05) is 23.8 Å². The van der Waals surface area contributed by atoms with Crippen LogP contribution in [0.2, 0.25) is 0 Å². The zero-order valence-electron chi connectivity index (χ0n) is 14.2. The summed E-state index contributed by atoms with van der Waals surface area (Å²) in [5.74, 6) is -0.701. The van der Waals surface area contributed by atoms with Crippen molar-refractivity contribution >= 4 is 17.5 Å². The van der Waals surface area contributed by atoms with Gasteiger partial charge in [0.1, 0.15) is 11.5 Å². The normalized spacial score (nSPS) is 11.8. The monoisotopic (exact) mass is 412 g/mol. The van der Waals surface area contributed by atoms with Crippen molar-refractivity contribution in [3.05, 3.63) is 30.5 Å². The van der Waals surface area contributed by atoms with Crippen molar-refractivity contribution in [1.29, 1.82) is 0 Å². The van der Waals surface area contributed by atoms with Crippen LogP contribution in [0.5, 0.6) is 11.5 Å². The van der Waals surface area contributed by atoms with E-state index in [1.807, 2.05) is 0 Å². The zero-order valence-corrected chi connectivity index (χ0v) is 14.2. The van der Waals surface area contributed by atoms with Gasteiger partial charge in [0.05, 0.1) is 0 Å². The number of hydrogen-bond donors (Lipinski definition) is 2. The number of anilines is 2. The maximum Gasteiger partial charge on any atom is 0.422 e. The first kappa shape index (κ1) is 21.2. The minimum atomic E-state index is -4.66. The second-order valence-electron chi connectivity index (χ2n) is 5.45. The van der Waals surface area contributed by atoms with Crippen molar-refractivity contribution in [2.24, 2.45) is 7.05 Å².